The Labute approximate surface area is 132 Å². The Kier molecular flexibility index (Phi) is 5.31. The van der Waals surface area contributed by atoms with Crippen LogP contribution >= 0.6 is 0 Å². The SMILES string of the molecule is C=CCNC(=NC)NCC(C)(C)c1ccc2c(c1)OCCO2. The Morgan fingerprint density at radius 2 is 2.00 bits per heavy atom. The van der Waals surface area contributed by atoms with Crippen LogP contribution in [0.5, 0.6) is 11.5 Å². The maximum absolute atomic E-state index is 5.67. The molecule has 1 aliphatic rings. The lowest BCUT2D eigenvalue weighted by atomic mass is 9.84. The highest BCUT2D eigenvalue weighted by atomic mass is 16.6. The molecule has 0 unspecified atom stereocenters. The minimum Gasteiger partial charge on any atom is -0.486 e. The summed E-state index contributed by atoms with van der Waals surface area (Å²) in [5.41, 5.74) is 1.13. The number of ether oxygens (including phenoxy) is 2. The number of nitrogens with one attached hydrogen (secondary N) is 2. The van der Waals surface area contributed by atoms with Gasteiger partial charge in [-0.3, -0.25) is 4.99 Å². The van der Waals surface area contributed by atoms with Crippen LogP contribution in [0, 0.1) is 0 Å². The van der Waals surface area contributed by atoms with Crippen molar-refractivity contribution in [3.63, 3.8) is 0 Å². The van der Waals surface area contributed by atoms with Crippen molar-refractivity contribution in [2.75, 3.05) is 33.4 Å². The Morgan fingerprint density at radius 3 is 2.68 bits per heavy atom. The smallest absolute Gasteiger partial charge is 0.191 e. The fraction of sp³-hybridized carbons (Fsp3) is 0.471. The van der Waals surface area contributed by atoms with Crippen molar-refractivity contribution in [2.45, 2.75) is 19.3 Å². The van der Waals surface area contributed by atoms with Gasteiger partial charge in [-0.25, -0.2) is 0 Å². The molecule has 1 aromatic carbocycles. The summed E-state index contributed by atoms with van der Waals surface area (Å²) in [7, 11) is 1.76. The zero-order chi connectivity index (χ0) is 16.0. The molecule has 0 amide bonds. The van der Waals surface area contributed by atoms with Crippen molar-refractivity contribution in [3.8, 4) is 11.5 Å². The second kappa shape index (κ2) is 7.20. The molecular weight excluding hydrogens is 278 g/mol. The highest BCUT2D eigenvalue weighted by molar-refractivity contribution is 5.79. The number of fused-ring (bicyclic) bond motifs is 1. The van der Waals surface area contributed by atoms with Gasteiger partial charge in [0.15, 0.2) is 17.5 Å². The highest BCUT2D eigenvalue weighted by Gasteiger charge is 2.23. The van der Waals surface area contributed by atoms with Gasteiger partial charge in [-0.2, -0.15) is 0 Å². The van der Waals surface area contributed by atoms with Crippen molar-refractivity contribution in [2.24, 2.45) is 4.99 Å². The van der Waals surface area contributed by atoms with E-state index in [1.807, 2.05) is 6.07 Å². The van der Waals surface area contributed by atoms with Crippen LogP contribution in [0.4, 0.5) is 0 Å². The van der Waals surface area contributed by atoms with Crippen LogP contribution in [0.25, 0.3) is 0 Å². The molecule has 0 saturated carbocycles. The first-order chi connectivity index (χ1) is 10.6. The minimum absolute atomic E-state index is 0.0678. The van der Waals surface area contributed by atoms with Crippen LogP contribution in [-0.4, -0.2) is 39.3 Å². The molecule has 0 aliphatic carbocycles. The van der Waals surface area contributed by atoms with Gasteiger partial charge in [0, 0.05) is 25.6 Å². The number of hydrogen-bond donors (Lipinski definition) is 2. The summed E-state index contributed by atoms with van der Waals surface area (Å²) < 4.78 is 11.2. The predicted molar refractivity (Wildman–Crippen MR) is 90.0 cm³/mol. The summed E-state index contributed by atoms with van der Waals surface area (Å²) in [6, 6.07) is 6.14. The molecule has 1 aliphatic heterocycles. The highest BCUT2D eigenvalue weighted by Crippen LogP contribution is 2.34. The van der Waals surface area contributed by atoms with E-state index in [0.717, 1.165) is 24.0 Å². The molecule has 5 heteroatoms. The lowest BCUT2D eigenvalue weighted by Gasteiger charge is -2.28. The third-order valence-corrected chi connectivity index (χ3v) is 3.66. The molecule has 2 N–H and O–H groups in total. The minimum atomic E-state index is -0.0678. The van der Waals surface area contributed by atoms with Gasteiger partial charge in [-0.1, -0.05) is 26.0 Å². The van der Waals surface area contributed by atoms with Crippen LogP contribution in [0.15, 0.2) is 35.8 Å². The fourth-order valence-corrected chi connectivity index (χ4v) is 2.26. The quantitative estimate of drug-likeness (QED) is 0.497. The van der Waals surface area contributed by atoms with Crippen LogP contribution < -0.4 is 20.1 Å². The van der Waals surface area contributed by atoms with Gasteiger partial charge >= 0.3 is 0 Å². The Morgan fingerprint density at radius 1 is 1.27 bits per heavy atom. The van der Waals surface area contributed by atoms with Gasteiger partial charge in [0.2, 0.25) is 0 Å². The fourth-order valence-electron chi connectivity index (χ4n) is 2.26. The van der Waals surface area contributed by atoms with Crippen LogP contribution in [0.1, 0.15) is 19.4 Å². The van der Waals surface area contributed by atoms with Crippen LogP contribution in [0.3, 0.4) is 0 Å². The summed E-state index contributed by atoms with van der Waals surface area (Å²) in [6.07, 6.45) is 1.80. The molecule has 2 rings (SSSR count). The van der Waals surface area contributed by atoms with Crippen molar-refractivity contribution in [3.05, 3.63) is 36.4 Å². The van der Waals surface area contributed by atoms with E-state index in [2.05, 4.69) is 48.2 Å². The normalized spacial score (nSPS) is 14.4. The molecule has 0 radical (unpaired) electrons. The maximum atomic E-state index is 5.67. The van der Waals surface area contributed by atoms with Crippen molar-refractivity contribution >= 4 is 5.96 Å². The number of guanidine groups is 1. The average Bonchev–Trinajstić information content (AvgIpc) is 2.54. The Hall–Kier alpha value is -2.17. The van der Waals surface area contributed by atoms with E-state index in [9.17, 15) is 0 Å². The molecule has 1 aromatic rings. The van der Waals surface area contributed by atoms with E-state index in [1.54, 1.807) is 13.1 Å². The number of nitrogens with zero attached hydrogens (tertiary/aromatic N) is 1. The molecule has 0 bridgehead atoms. The summed E-state index contributed by atoms with van der Waals surface area (Å²) in [4.78, 5) is 4.19. The first-order valence-corrected chi connectivity index (χ1v) is 7.52. The summed E-state index contributed by atoms with van der Waals surface area (Å²) in [5, 5.41) is 6.51. The summed E-state index contributed by atoms with van der Waals surface area (Å²) >= 11 is 0. The third kappa shape index (κ3) is 3.93. The van der Waals surface area contributed by atoms with E-state index in [4.69, 9.17) is 9.47 Å². The molecular formula is C17H25N3O2. The van der Waals surface area contributed by atoms with E-state index in [-0.39, 0.29) is 5.41 Å². The van der Waals surface area contributed by atoms with Crippen LogP contribution in [-0.2, 0) is 5.41 Å². The molecule has 5 nitrogen and oxygen atoms in total. The topological polar surface area (TPSA) is 54.9 Å². The van der Waals surface area contributed by atoms with E-state index < -0.39 is 0 Å². The Balaban J connectivity index is 2.04. The van der Waals surface area contributed by atoms with Gasteiger partial charge in [-0.05, 0) is 17.7 Å². The van der Waals surface area contributed by atoms with Crippen molar-refractivity contribution in [1.82, 2.24) is 10.6 Å². The number of hydrogen-bond acceptors (Lipinski definition) is 3. The number of rotatable bonds is 5. The van der Waals surface area contributed by atoms with Gasteiger partial charge < -0.3 is 20.1 Å². The van der Waals surface area contributed by atoms with E-state index in [1.165, 1.54) is 5.56 Å². The van der Waals surface area contributed by atoms with Gasteiger partial charge in [0.1, 0.15) is 13.2 Å². The zero-order valence-electron chi connectivity index (χ0n) is 13.6. The second-order valence-corrected chi connectivity index (χ2v) is 5.84. The average molecular weight is 303 g/mol. The monoisotopic (exact) mass is 303 g/mol. The molecule has 0 fully saturated rings. The zero-order valence-corrected chi connectivity index (χ0v) is 13.6. The second-order valence-electron chi connectivity index (χ2n) is 5.84. The van der Waals surface area contributed by atoms with Crippen molar-refractivity contribution < 1.29 is 9.47 Å². The Bertz CT molecular complexity index is 553. The van der Waals surface area contributed by atoms with Gasteiger partial charge in [-0.15, -0.1) is 6.58 Å². The lowest BCUT2D eigenvalue weighted by molar-refractivity contribution is 0.171. The van der Waals surface area contributed by atoms with Gasteiger partial charge in [0.05, 0.1) is 0 Å². The molecule has 120 valence electrons. The van der Waals surface area contributed by atoms with Gasteiger partial charge in [0.25, 0.3) is 0 Å². The third-order valence-electron chi connectivity index (χ3n) is 3.66. The predicted octanol–water partition coefficient (Wildman–Crippen LogP) is 2.09. The molecule has 22 heavy (non-hydrogen) atoms. The van der Waals surface area contributed by atoms with E-state index in [0.29, 0.717) is 19.8 Å². The molecule has 0 atom stereocenters. The molecule has 0 saturated heterocycles. The standard InChI is InChI=1S/C17H25N3O2/c1-5-8-19-16(18-4)20-12-17(2,3)13-6-7-14-15(11-13)22-10-9-21-14/h5-7,11H,1,8-10,12H2,2-4H3,(H2,18,19,20). The number of aliphatic imine (C=N–C) groups is 1. The first-order valence-electron chi connectivity index (χ1n) is 7.52. The molecule has 1 heterocycles. The lowest BCUT2D eigenvalue weighted by Crippen LogP contribution is -2.43. The summed E-state index contributed by atoms with van der Waals surface area (Å²) in [6.45, 7) is 10.7. The van der Waals surface area contributed by atoms with Crippen molar-refractivity contribution in [1.29, 1.82) is 0 Å². The first kappa shape index (κ1) is 16.2. The maximum Gasteiger partial charge on any atom is 0.191 e. The number of benzene rings is 1. The van der Waals surface area contributed by atoms with Crippen LogP contribution in [0.2, 0.25) is 0 Å². The largest absolute Gasteiger partial charge is 0.486 e. The molecule has 0 aromatic heterocycles. The van der Waals surface area contributed by atoms with E-state index >= 15 is 0 Å². The molecule has 0 spiro atoms. The summed E-state index contributed by atoms with van der Waals surface area (Å²) in [5.74, 6) is 2.42.